The minimum atomic E-state index is -3.50. The van der Waals surface area contributed by atoms with Gasteiger partial charge in [-0.3, -0.25) is 0 Å². The van der Waals surface area contributed by atoms with Crippen molar-refractivity contribution in [3.8, 4) is 5.69 Å². The van der Waals surface area contributed by atoms with Gasteiger partial charge in [-0.25, -0.2) is 17.8 Å². The molecule has 21 heavy (non-hydrogen) atoms. The van der Waals surface area contributed by atoms with Gasteiger partial charge in [-0.1, -0.05) is 0 Å². The van der Waals surface area contributed by atoms with Crippen molar-refractivity contribution in [1.82, 2.24) is 30.2 Å². The van der Waals surface area contributed by atoms with E-state index in [1.807, 2.05) is 6.92 Å². The highest BCUT2D eigenvalue weighted by molar-refractivity contribution is 7.89. The van der Waals surface area contributed by atoms with E-state index in [0.29, 0.717) is 12.2 Å². The van der Waals surface area contributed by atoms with Crippen molar-refractivity contribution < 1.29 is 8.42 Å². The first-order valence-electron chi connectivity index (χ1n) is 6.03. The van der Waals surface area contributed by atoms with Crippen LogP contribution in [0, 0.1) is 0 Å². The highest BCUT2D eigenvalue weighted by Crippen LogP contribution is 2.12. The Balaban J connectivity index is 0.00000220. The molecule has 2 N–H and O–H groups in total. The summed E-state index contributed by atoms with van der Waals surface area (Å²) >= 11 is 0. The summed E-state index contributed by atoms with van der Waals surface area (Å²) in [4.78, 5) is 0.206. The van der Waals surface area contributed by atoms with Crippen LogP contribution in [0.15, 0.2) is 35.5 Å². The van der Waals surface area contributed by atoms with E-state index in [-0.39, 0.29) is 23.3 Å². The molecule has 0 aliphatic rings. The maximum Gasteiger partial charge on any atom is 0.240 e. The quantitative estimate of drug-likeness (QED) is 0.770. The summed E-state index contributed by atoms with van der Waals surface area (Å²) in [6, 6.07) is 6.39. The Bertz CT molecular complexity index is 644. The third kappa shape index (κ3) is 4.46. The van der Waals surface area contributed by atoms with Crippen molar-refractivity contribution >= 4 is 22.4 Å². The number of nitrogens with one attached hydrogen (secondary N) is 2. The molecule has 1 atom stereocenters. The van der Waals surface area contributed by atoms with Gasteiger partial charge < -0.3 is 5.32 Å². The molecule has 0 radical (unpaired) electrons. The van der Waals surface area contributed by atoms with Gasteiger partial charge in [-0.2, -0.15) is 0 Å². The second-order valence-corrected chi connectivity index (χ2v) is 6.06. The summed E-state index contributed by atoms with van der Waals surface area (Å²) in [5.41, 5.74) is 0.692. The lowest BCUT2D eigenvalue weighted by atomic mass is 10.3. The number of tetrazole rings is 1. The summed E-state index contributed by atoms with van der Waals surface area (Å²) in [6.45, 7) is 2.22. The first kappa shape index (κ1) is 17.5. The molecule has 0 aliphatic carbocycles. The molecule has 2 rings (SSSR count). The molecular formula is C11H17ClN6O2S. The van der Waals surface area contributed by atoms with Gasteiger partial charge in [0.15, 0.2) is 0 Å². The monoisotopic (exact) mass is 332 g/mol. The SMILES string of the molecule is CNC(C)CNS(=O)(=O)c1ccc(-n2cnnn2)cc1.Cl. The molecule has 1 heterocycles. The van der Waals surface area contributed by atoms with Crippen LogP contribution in [0.25, 0.3) is 5.69 Å². The predicted octanol–water partition coefficient (Wildman–Crippen LogP) is -0.0297. The number of likely N-dealkylation sites (N-methyl/N-ethyl adjacent to an activating group) is 1. The fourth-order valence-corrected chi connectivity index (χ4v) is 2.61. The molecule has 0 amide bonds. The van der Waals surface area contributed by atoms with Crippen molar-refractivity contribution in [2.24, 2.45) is 0 Å². The molecule has 0 saturated heterocycles. The van der Waals surface area contributed by atoms with Crippen molar-refractivity contribution in [1.29, 1.82) is 0 Å². The van der Waals surface area contributed by atoms with Gasteiger partial charge in [0, 0.05) is 12.6 Å². The molecule has 8 nitrogen and oxygen atoms in total. The Morgan fingerprint density at radius 3 is 2.48 bits per heavy atom. The summed E-state index contributed by atoms with van der Waals surface area (Å²) in [5, 5.41) is 13.7. The Hall–Kier alpha value is -1.55. The van der Waals surface area contributed by atoms with Gasteiger partial charge in [-0.05, 0) is 48.7 Å². The number of rotatable bonds is 6. The molecular weight excluding hydrogens is 316 g/mol. The summed E-state index contributed by atoms with van der Waals surface area (Å²) in [7, 11) is -1.72. The van der Waals surface area contributed by atoms with Gasteiger partial charge >= 0.3 is 0 Å². The Morgan fingerprint density at radius 1 is 1.29 bits per heavy atom. The van der Waals surface area contributed by atoms with Gasteiger partial charge in [0.25, 0.3) is 0 Å². The highest BCUT2D eigenvalue weighted by Gasteiger charge is 2.14. The van der Waals surface area contributed by atoms with E-state index in [2.05, 4.69) is 25.6 Å². The number of hydrogen-bond donors (Lipinski definition) is 2. The van der Waals surface area contributed by atoms with Gasteiger partial charge in [0.2, 0.25) is 10.0 Å². The van der Waals surface area contributed by atoms with Gasteiger partial charge in [0.1, 0.15) is 6.33 Å². The molecule has 0 fully saturated rings. The van der Waals surface area contributed by atoms with Crippen LogP contribution in [-0.4, -0.2) is 48.3 Å². The molecule has 0 aliphatic heterocycles. The number of benzene rings is 1. The fourth-order valence-electron chi connectivity index (χ4n) is 1.48. The number of sulfonamides is 1. The molecule has 0 saturated carbocycles. The third-order valence-corrected chi connectivity index (χ3v) is 4.27. The van der Waals surface area contributed by atoms with Crippen molar-refractivity contribution in [2.45, 2.75) is 17.9 Å². The van der Waals surface area contributed by atoms with Crippen LogP contribution < -0.4 is 10.0 Å². The predicted molar refractivity (Wildman–Crippen MR) is 80.1 cm³/mol. The van der Waals surface area contributed by atoms with E-state index >= 15 is 0 Å². The van der Waals surface area contributed by atoms with Crippen LogP contribution in [0.1, 0.15) is 6.92 Å². The summed E-state index contributed by atoms with van der Waals surface area (Å²) in [6.07, 6.45) is 1.44. The first-order chi connectivity index (χ1) is 9.53. The maximum absolute atomic E-state index is 12.1. The molecule has 10 heteroatoms. The molecule has 1 unspecified atom stereocenters. The standard InChI is InChI=1S/C11H16N6O2S.ClH/c1-9(12-2)7-14-20(18,19)11-5-3-10(4-6-11)17-8-13-15-16-17;/h3-6,8-9,12,14H,7H2,1-2H3;1H. The van der Waals surface area contributed by atoms with Gasteiger partial charge in [-0.15, -0.1) is 17.5 Å². The fraction of sp³-hybridized carbons (Fsp3) is 0.364. The van der Waals surface area contributed by atoms with Gasteiger partial charge in [0.05, 0.1) is 10.6 Å². The lowest BCUT2D eigenvalue weighted by Gasteiger charge is -2.12. The average molecular weight is 333 g/mol. The first-order valence-corrected chi connectivity index (χ1v) is 7.51. The van der Waals surface area contributed by atoms with Crippen LogP contribution in [0.5, 0.6) is 0 Å². The Labute approximate surface area is 129 Å². The van der Waals surface area contributed by atoms with E-state index in [0.717, 1.165) is 0 Å². The van der Waals surface area contributed by atoms with Crippen molar-refractivity contribution in [2.75, 3.05) is 13.6 Å². The van der Waals surface area contributed by atoms with Crippen LogP contribution in [0.2, 0.25) is 0 Å². The topological polar surface area (TPSA) is 102 Å². The van der Waals surface area contributed by atoms with Crippen molar-refractivity contribution in [3.63, 3.8) is 0 Å². The van der Waals surface area contributed by atoms with Crippen LogP contribution in [0.4, 0.5) is 0 Å². The molecule has 116 valence electrons. The molecule has 0 spiro atoms. The van der Waals surface area contributed by atoms with E-state index in [4.69, 9.17) is 0 Å². The number of nitrogens with zero attached hydrogens (tertiary/aromatic N) is 4. The smallest absolute Gasteiger partial charge is 0.240 e. The van der Waals surface area contributed by atoms with E-state index in [1.165, 1.54) is 23.1 Å². The Morgan fingerprint density at radius 2 is 1.95 bits per heavy atom. The molecule has 1 aromatic heterocycles. The zero-order valence-electron chi connectivity index (χ0n) is 11.6. The van der Waals surface area contributed by atoms with Crippen molar-refractivity contribution in [3.05, 3.63) is 30.6 Å². The molecule has 2 aromatic rings. The second kappa shape index (κ2) is 7.46. The average Bonchev–Trinajstić information content (AvgIpc) is 2.99. The normalized spacial score (nSPS) is 12.7. The number of halogens is 1. The van der Waals surface area contributed by atoms with Crippen LogP contribution >= 0.6 is 12.4 Å². The van der Waals surface area contributed by atoms with Crippen LogP contribution in [-0.2, 0) is 10.0 Å². The Kier molecular flexibility index (Phi) is 6.21. The third-order valence-electron chi connectivity index (χ3n) is 2.83. The number of hydrogen-bond acceptors (Lipinski definition) is 6. The molecule has 1 aromatic carbocycles. The zero-order valence-corrected chi connectivity index (χ0v) is 13.2. The van der Waals surface area contributed by atoms with E-state index in [9.17, 15) is 8.42 Å². The lowest BCUT2D eigenvalue weighted by Crippen LogP contribution is -2.37. The minimum Gasteiger partial charge on any atom is -0.316 e. The lowest BCUT2D eigenvalue weighted by molar-refractivity contribution is 0.554. The minimum absolute atomic E-state index is 0. The maximum atomic E-state index is 12.1. The molecule has 0 bridgehead atoms. The highest BCUT2D eigenvalue weighted by atomic mass is 35.5. The van der Waals surface area contributed by atoms with E-state index in [1.54, 1.807) is 19.2 Å². The summed E-state index contributed by atoms with van der Waals surface area (Å²) in [5.74, 6) is 0. The zero-order chi connectivity index (χ0) is 14.6. The van der Waals surface area contributed by atoms with E-state index < -0.39 is 10.0 Å². The largest absolute Gasteiger partial charge is 0.316 e. The second-order valence-electron chi connectivity index (χ2n) is 4.29. The summed E-state index contributed by atoms with van der Waals surface area (Å²) < 4.78 is 28.1. The van der Waals surface area contributed by atoms with Crippen LogP contribution in [0.3, 0.4) is 0 Å². The number of aromatic nitrogens is 4.